The van der Waals surface area contributed by atoms with Gasteiger partial charge in [-0.3, -0.25) is 9.59 Å². The average molecular weight is 589 g/mol. The van der Waals surface area contributed by atoms with Gasteiger partial charge >= 0.3 is 0 Å². The largest absolute Gasteiger partial charge is 0.394 e. The zero-order chi connectivity index (χ0) is 30.3. The van der Waals surface area contributed by atoms with E-state index in [-0.39, 0.29) is 12.5 Å². The fourth-order valence-corrected chi connectivity index (χ4v) is 5.04. The Morgan fingerprint density at radius 1 is 0.732 bits per heavy atom. The van der Waals surface area contributed by atoms with Gasteiger partial charge < -0.3 is 40.5 Å². The van der Waals surface area contributed by atoms with E-state index in [9.17, 15) is 30.0 Å². The van der Waals surface area contributed by atoms with Crippen molar-refractivity contribution in [3.63, 3.8) is 0 Å². The van der Waals surface area contributed by atoms with E-state index in [4.69, 9.17) is 9.47 Å². The molecule has 0 radical (unpaired) electrons. The molecule has 6 atom stereocenters. The molecule has 0 unspecified atom stereocenters. The molecule has 2 amide bonds. The maximum atomic E-state index is 13.0. The van der Waals surface area contributed by atoms with Crippen LogP contribution in [-0.4, -0.2) is 88.7 Å². The number of hydrogen-bond donors (Lipinski definition) is 6. The minimum absolute atomic E-state index is 0.252. The number of rotatable bonds is 25. The van der Waals surface area contributed by atoms with E-state index in [0.29, 0.717) is 13.0 Å². The van der Waals surface area contributed by atoms with Crippen molar-refractivity contribution in [3.05, 3.63) is 0 Å². The Balaban J connectivity index is 2.51. The molecule has 1 heterocycles. The first kappa shape index (κ1) is 37.7. The van der Waals surface area contributed by atoms with Crippen LogP contribution in [0.5, 0.6) is 0 Å². The summed E-state index contributed by atoms with van der Waals surface area (Å²) in [5.41, 5.74) is 0. The number of aliphatic hydroxyl groups excluding tert-OH is 4. The maximum Gasteiger partial charge on any atom is 0.244 e. The lowest BCUT2D eigenvalue weighted by Gasteiger charge is -2.39. The fraction of sp³-hybridized carbons (Fsp3) is 0.935. The van der Waals surface area contributed by atoms with Crippen molar-refractivity contribution in [2.45, 2.75) is 166 Å². The fourth-order valence-electron chi connectivity index (χ4n) is 5.04. The minimum atomic E-state index is -1.58. The third kappa shape index (κ3) is 16.8. The zero-order valence-corrected chi connectivity index (χ0v) is 25.7. The molecule has 0 aromatic heterocycles. The number of carbonyl (C=O) groups is 2. The first-order valence-corrected chi connectivity index (χ1v) is 16.3. The lowest BCUT2D eigenvalue weighted by atomic mass is 9.99. The first-order valence-electron chi connectivity index (χ1n) is 16.3. The number of ether oxygens (including phenoxy) is 2. The summed E-state index contributed by atoms with van der Waals surface area (Å²) < 4.78 is 11.0. The zero-order valence-electron chi connectivity index (χ0n) is 25.7. The molecule has 0 spiro atoms. The third-order valence-electron chi connectivity index (χ3n) is 7.76. The molecule has 0 aliphatic carbocycles. The summed E-state index contributed by atoms with van der Waals surface area (Å²) in [6, 6.07) is -1.01. The summed E-state index contributed by atoms with van der Waals surface area (Å²) in [4.78, 5) is 25.6. The van der Waals surface area contributed by atoms with E-state index >= 15 is 0 Å². The summed E-state index contributed by atoms with van der Waals surface area (Å²) in [6.45, 7) is 4.01. The molecule has 10 nitrogen and oxygen atoms in total. The van der Waals surface area contributed by atoms with E-state index in [1.807, 2.05) is 0 Å². The second-order valence-electron chi connectivity index (χ2n) is 11.5. The molecule has 41 heavy (non-hydrogen) atoms. The lowest BCUT2D eigenvalue weighted by Crippen LogP contribution is -2.60. The summed E-state index contributed by atoms with van der Waals surface area (Å²) in [5.74, 6) is -0.643. The Morgan fingerprint density at radius 2 is 1.24 bits per heavy atom. The van der Waals surface area contributed by atoms with Crippen LogP contribution in [-0.2, 0) is 19.1 Å². The van der Waals surface area contributed by atoms with E-state index in [1.165, 1.54) is 70.6 Å². The molecule has 6 N–H and O–H groups in total. The molecule has 242 valence electrons. The highest BCUT2D eigenvalue weighted by atomic mass is 16.7. The van der Waals surface area contributed by atoms with Crippen molar-refractivity contribution in [2.75, 3.05) is 19.8 Å². The van der Waals surface area contributed by atoms with Crippen LogP contribution in [0.1, 0.15) is 129 Å². The monoisotopic (exact) mass is 588 g/mol. The van der Waals surface area contributed by atoms with Gasteiger partial charge in [-0.2, -0.15) is 0 Å². The van der Waals surface area contributed by atoms with Gasteiger partial charge in [0.15, 0.2) is 6.29 Å². The molecular formula is C31H60N2O8. The van der Waals surface area contributed by atoms with Crippen molar-refractivity contribution in [1.29, 1.82) is 0 Å². The molecule has 0 aromatic rings. The van der Waals surface area contributed by atoms with Gasteiger partial charge in [0.05, 0.1) is 13.2 Å². The predicted molar refractivity (Wildman–Crippen MR) is 159 cm³/mol. The van der Waals surface area contributed by atoms with E-state index < -0.39 is 49.3 Å². The van der Waals surface area contributed by atoms with Gasteiger partial charge in [0.2, 0.25) is 11.8 Å². The molecule has 1 fully saturated rings. The van der Waals surface area contributed by atoms with Crippen LogP contribution < -0.4 is 10.6 Å². The summed E-state index contributed by atoms with van der Waals surface area (Å²) in [5, 5.41) is 45.3. The SMILES string of the molecule is CCCCCCCCCCCC(=O)N[C@@H](CO[C@H]1O[C@H](CO)[C@H](O)[C@H](O)[C@H]1O)C(=O)NCCCCCCCCCC. The van der Waals surface area contributed by atoms with Crippen LogP contribution in [0.4, 0.5) is 0 Å². The Kier molecular flexibility index (Phi) is 22.2. The number of aliphatic hydroxyl groups is 4. The van der Waals surface area contributed by atoms with Crippen molar-refractivity contribution in [2.24, 2.45) is 0 Å². The van der Waals surface area contributed by atoms with Crippen molar-refractivity contribution in [3.8, 4) is 0 Å². The van der Waals surface area contributed by atoms with Crippen molar-refractivity contribution in [1.82, 2.24) is 10.6 Å². The standard InChI is InChI=1S/C31H60N2O8/c1-3-5-7-9-11-13-14-16-18-20-26(35)33-24(30(39)32-21-19-17-15-12-10-8-6-4-2)23-40-31-29(38)28(37)27(36)25(22-34)41-31/h24-25,27-29,31,34,36-38H,3-23H2,1-2H3,(H,32,39)(H,33,35)/t24-,25+,27-,28-,29+,31-/m0/s1. The Bertz CT molecular complexity index is 666. The molecule has 0 bridgehead atoms. The minimum Gasteiger partial charge on any atom is -0.394 e. The van der Waals surface area contributed by atoms with Crippen LogP contribution in [0.2, 0.25) is 0 Å². The number of nitrogens with one attached hydrogen (secondary N) is 2. The van der Waals surface area contributed by atoms with Gasteiger partial charge in [0.25, 0.3) is 0 Å². The number of hydrogen-bond acceptors (Lipinski definition) is 8. The maximum absolute atomic E-state index is 13.0. The highest BCUT2D eigenvalue weighted by molar-refractivity contribution is 5.87. The summed E-state index contributed by atoms with van der Waals surface area (Å²) in [6.07, 6.45) is 12.6. The van der Waals surface area contributed by atoms with Gasteiger partial charge in [0.1, 0.15) is 30.5 Å². The van der Waals surface area contributed by atoms with Gasteiger partial charge in [-0.1, -0.05) is 110 Å². The van der Waals surface area contributed by atoms with E-state index in [0.717, 1.165) is 38.5 Å². The van der Waals surface area contributed by atoms with Crippen LogP contribution in [0.25, 0.3) is 0 Å². The van der Waals surface area contributed by atoms with Crippen LogP contribution in [0.3, 0.4) is 0 Å². The highest BCUT2D eigenvalue weighted by Gasteiger charge is 2.44. The van der Waals surface area contributed by atoms with E-state index in [2.05, 4.69) is 24.5 Å². The first-order chi connectivity index (χ1) is 19.8. The van der Waals surface area contributed by atoms with E-state index in [1.54, 1.807) is 0 Å². The molecular weight excluding hydrogens is 528 g/mol. The van der Waals surface area contributed by atoms with Gasteiger partial charge in [-0.25, -0.2) is 0 Å². The summed E-state index contributed by atoms with van der Waals surface area (Å²) >= 11 is 0. The Hall–Kier alpha value is -1.30. The summed E-state index contributed by atoms with van der Waals surface area (Å²) in [7, 11) is 0. The normalized spacial score (nSPS) is 23.3. The molecule has 10 heteroatoms. The van der Waals surface area contributed by atoms with Crippen LogP contribution in [0.15, 0.2) is 0 Å². The number of carbonyl (C=O) groups excluding carboxylic acids is 2. The van der Waals surface area contributed by atoms with Gasteiger partial charge in [0, 0.05) is 13.0 Å². The van der Waals surface area contributed by atoms with Gasteiger partial charge in [-0.15, -0.1) is 0 Å². The predicted octanol–water partition coefficient (Wildman–Crippen LogP) is 3.47. The second kappa shape index (κ2) is 24.2. The molecule has 1 aliphatic rings. The van der Waals surface area contributed by atoms with Crippen LogP contribution in [0, 0.1) is 0 Å². The molecule has 0 aromatic carbocycles. The van der Waals surface area contributed by atoms with Crippen molar-refractivity contribution >= 4 is 11.8 Å². The topological polar surface area (TPSA) is 158 Å². The van der Waals surface area contributed by atoms with Gasteiger partial charge in [-0.05, 0) is 12.8 Å². The van der Waals surface area contributed by atoms with Crippen molar-refractivity contribution < 1.29 is 39.5 Å². The third-order valence-corrected chi connectivity index (χ3v) is 7.76. The Labute approximate surface area is 248 Å². The molecule has 1 saturated heterocycles. The highest BCUT2D eigenvalue weighted by Crippen LogP contribution is 2.22. The second-order valence-corrected chi connectivity index (χ2v) is 11.5. The number of unbranched alkanes of at least 4 members (excludes halogenated alkanes) is 15. The quantitative estimate of drug-likeness (QED) is 0.0885. The number of amides is 2. The smallest absolute Gasteiger partial charge is 0.244 e. The molecule has 1 rings (SSSR count). The molecule has 0 saturated carbocycles. The Morgan fingerprint density at radius 3 is 1.78 bits per heavy atom. The molecule has 1 aliphatic heterocycles. The lowest BCUT2D eigenvalue weighted by molar-refractivity contribution is -0.301. The van der Waals surface area contributed by atoms with Crippen LogP contribution >= 0.6 is 0 Å². The average Bonchev–Trinajstić information content (AvgIpc) is 2.97.